The maximum absolute atomic E-state index is 11.9. The summed E-state index contributed by atoms with van der Waals surface area (Å²) in [7, 11) is 0. The minimum Gasteiger partial charge on any atom is -0.491 e. The van der Waals surface area contributed by atoms with Gasteiger partial charge in [0.15, 0.2) is 6.10 Å². The maximum Gasteiger partial charge on any atom is 0.417 e. The molecule has 0 aliphatic heterocycles. The van der Waals surface area contributed by atoms with Gasteiger partial charge >= 0.3 is 6.18 Å². The molecule has 0 spiro atoms. The summed E-state index contributed by atoms with van der Waals surface area (Å²) in [4.78, 5) is 0.679. The summed E-state index contributed by atoms with van der Waals surface area (Å²) < 4.78 is 40.4. The molecule has 1 aromatic rings. The topological polar surface area (TPSA) is 29.5 Å². The average Bonchev–Trinajstić information content (AvgIpc) is 2.15. The molecule has 0 saturated heterocycles. The van der Waals surface area contributed by atoms with Crippen LogP contribution >= 0.6 is 12.6 Å². The molecule has 0 fully saturated rings. The maximum atomic E-state index is 11.9. The van der Waals surface area contributed by atoms with Crippen LogP contribution in [0.1, 0.15) is 0 Å². The van der Waals surface area contributed by atoms with Gasteiger partial charge in [0.05, 0.1) is 0 Å². The molecule has 0 saturated carbocycles. The normalized spacial score (nSPS) is 13.7. The van der Waals surface area contributed by atoms with Crippen LogP contribution in [0.5, 0.6) is 5.75 Å². The second kappa shape index (κ2) is 4.76. The van der Waals surface area contributed by atoms with Gasteiger partial charge in [-0.2, -0.15) is 13.2 Å². The Morgan fingerprint density at radius 3 is 2.27 bits per heavy atom. The second-order valence-electron chi connectivity index (χ2n) is 2.86. The van der Waals surface area contributed by atoms with Crippen molar-refractivity contribution < 1.29 is 23.0 Å². The van der Waals surface area contributed by atoms with Crippen LogP contribution in [0.25, 0.3) is 0 Å². The highest BCUT2D eigenvalue weighted by Gasteiger charge is 2.38. The fourth-order valence-electron chi connectivity index (χ4n) is 0.812. The van der Waals surface area contributed by atoms with Gasteiger partial charge in [-0.05, 0) is 24.3 Å². The summed E-state index contributed by atoms with van der Waals surface area (Å²) in [6.07, 6.45) is -7.11. The third kappa shape index (κ3) is 4.01. The van der Waals surface area contributed by atoms with Crippen molar-refractivity contribution in [1.82, 2.24) is 0 Å². The van der Waals surface area contributed by atoms with Crippen molar-refractivity contribution in [2.75, 3.05) is 6.61 Å². The van der Waals surface area contributed by atoms with E-state index < -0.39 is 18.9 Å². The van der Waals surface area contributed by atoms with E-state index in [-0.39, 0.29) is 5.75 Å². The number of alkyl halides is 3. The summed E-state index contributed by atoms with van der Waals surface area (Å²) >= 11 is 4.00. The highest BCUT2D eigenvalue weighted by Crippen LogP contribution is 2.21. The lowest BCUT2D eigenvalue weighted by Gasteiger charge is -2.15. The number of ether oxygens (including phenoxy) is 1. The Morgan fingerprint density at radius 1 is 1.27 bits per heavy atom. The van der Waals surface area contributed by atoms with Gasteiger partial charge in [0.1, 0.15) is 12.4 Å². The molecule has 1 rings (SSSR count). The number of hydrogen-bond acceptors (Lipinski definition) is 3. The number of aliphatic hydroxyl groups excluding tert-OH is 1. The van der Waals surface area contributed by atoms with Gasteiger partial charge in [0, 0.05) is 4.90 Å². The van der Waals surface area contributed by atoms with Crippen molar-refractivity contribution in [2.24, 2.45) is 0 Å². The lowest BCUT2D eigenvalue weighted by atomic mass is 10.3. The van der Waals surface area contributed by atoms with Crippen molar-refractivity contribution in [1.29, 1.82) is 0 Å². The van der Waals surface area contributed by atoms with E-state index in [0.29, 0.717) is 4.90 Å². The Kier molecular flexibility index (Phi) is 3.87. The molecule has 84 valence electrons. The van der Waals surface area contributed by atoms with Crippen LogP contribution in [0.3, 0.4) is 0 Å². The van der Waals surface area contributed by atoms with E-state index in [1.54, 1.807) is 12.1 Å². The summed E-state index contributed by atoms with van der Waals surface area (Å²) in [5, 5.41) is 8.64. The van der Waals surface area contributed by atoms with Crippen LogP contribution in [0.4, 0.5) is 13.2 Å². The summed E-state index contributed by atoms with van der Waals surface area (Å²) in [5.74, 6) is 0.260. The van der Waals surface area contributed by atoms with Crippen molar-refractivity contribution in [3.63, 3.8) is 0 Å². The van der Waals surface area contributed by atoms with Gasteiger partial charge in [-0.3, -0.25) is 0 Å². The number of hydrogen-bond donors (Lipinski definition) is 2. The zero-order valence-corrected chi connectivity index (χ0v) is 8.42. The lowest BCUT2D eigenvalue weighted by Crippen LogP contribution is -2.34. The number of aliphatic hydroxyl groups is 1. The SMILES string of the molecule is O[C@@H](COc1ccc(S)cc1)C(F)(F)F. The van der Waals surface area contributed by atoms with Crippen LogP contribution < -0.4 is 4.74 Å². The van der Waals surface area contributed by atoms with Gasteiger partial charge in [0.25, 0.3) is 0 Å². The Hall–Kier alpha value is -0.880. The van der Waals surface area contributed by atoms with Gasteiger partial charge in [-0.1, -0.05) is 0 Å². The van der Waals surface area contributed by atoms with E-state index in [9.17, 15) is 13.2 Å². The predicted molar refractivity (Wildman–Crippen MR) is 51.3 cm³/mol. The molecule has 0 aliphatic carbocycles. The average molecular weight is 238 g/mol. The summed E-state index contributed by atoms with van der Waals surface area (Å²) in [6, 6.07) is 6.12. The second-order valence-corrected chi connectivity index (χ2v) is 3.38. The first-order valence-corrected chi connectivity index (χ1v) is 4.51. The van der Waals surface area contributed by atoms with Crippen LogP contribution in [0, 0.1) is 0 Å². The molecular formula is C9H9F3O2S. The van der Waals surface area contributed by atoms with Gasteiger partial charge in [0.2, 0.25) is 0 Å². The lowest BCUT2D eigenvalue weighted by molar-refractivity contribution is -0.210. The van der Waals surface area contributed by atoms with E-state index in [4.69, 9.17) is 9.84 Å². The third-order valence-corrected chi connectivity index (χ3v) is 1.92. The summed E-state index contributed by atoms with van der Waals surface area (Å²) in [6.45, 7) is -0.810. The molecular weight excluding hydrogens is 229 g/mol. The zero-order valence-electron chi connectivity index (χ0n) is 7.53. The first-order valence-electron chi connectivity index (χ1n) is 4.06. The predicted octanol–water partition coefficient (Wildman–Crippen LogP) is 2.28. The largest absolute Gasteiger partial charge is 0.491 e. The Bertz CT molecular complexity index is 310. The van der Waals surface area contributed by atoms with Crippen LogP contribution in [-0.2, 0) is 0 Å². The van der Waals surface area contributed by atoms with E-state index in [1.165, 1.54) is 12.1 Å². The standard InChI is InChI=1S/C9H9F3O2S/c10-9(11,12)8(13)5-14-6-1-3-7(15)4-2-6/h1-4,8,13,15H,5H2/t8-/m0/s1. The smallest absolute Gasteiger partial charge is 0.417 e. The van der Waals surface area contributed by atoms with Crippen LogP contribution in [0.2, 0.25) is 0 Å². The molecule has 0 aliphatic rings. The molecule has 0 aromatic heterocycles. The zero-order chi connectivity index (χ0) is 11.5. The molecule has 0 unspecified atom stereocenters. The first-order chi connectivity index (χ1) is 6.89. The summed E-state index contributed by atoms with van der Waals surface area (Å²) in [5.41, 5.74) is 0. The minimum atomic E-state index is -4.65. The fourth-order valence-corrected chi connectivity index (χ4v) is 0.961. The number of halogens is 3. The van der Waals surface area contributed by atoms with Gasteiger partial charge in [-0.25, -0.2) is 0 Å². The molecule has 1 N–H and O–H groups in total. The molecule has 1 aromatic carbocycles. The Morgan fingerprint density at radius 2 is 1.80 bits per heavy atom. The Labute approximate surface area is 90.1 Å². The van der Waals surface area contributed by atoms with Gasteiger partial charge in [-0.15, -0.1) is 12.6 Å². The molecule has 0 amide bonds. The van der Waals surface area contributed by atoms with Gasteiger partial charge < -0.3 is 9.84 Å². The molecule has 0 radical (unpaired) electrons. The molecule has 15 heavy (non-hydrogen) atoms. The van der Waals surface area contributed by atoms with E-state index in [1.807, 2.05) is 0 Å². The van der Waals surface area contributed by atoms with Crippen molar-refractivity contribution in [3.05, 3.63) is 24.3 Å². The molecule has 0 heterocycles. The van der Waals surface area contributed by atoms with Crippen LogP contribution in [-0.4, -0.2) is 24.0 Å². The van der Waals surface area contributed by atoms with Crippen molar-refractivity contribution >= 4 is 12.6 Å². The number of benzene rings is 1. The molecule has 1 atom stereocenters. The minimum absolute atomic E-state index is 0.260. The highest BCUT2D eigenvalue weighted by molar-refractivity contribution is 7.80. The third-order valence-electron chi connectivity index (χ3n) is 1.62. The van der Waals surface area contributed by atoms with E-state index >= 15 is 0 Å². The van der Waals surface area contributed by atoms with E-state index in [0.717, 1.165) is 0 Å². The first kappa shape index (κ1) is 12.2. The number of rotatable bonds is 3. The molecule has 0 bridgehead atoms. The van der Waals surface area contributed by atoms with E-state index in [2.05, 4.69) is 12.6 Å². The monoisotopic (exact) mass is 238 g/mol. The highest BCUT2D eigenvalue weighted by atomic mass is 32.1. The molecule has 2 nitrogen and oxygen atoms in total. The number of thiol groups is 1. The van der Waals surface area contributed by atoms with Crippen LogP contribution in [0.15, 0.2) is 29.2 Å². The Balaban J connectivity index is 2.47. The van der Waals surface area contributed by atoms with Crippen molar-refractivity contribution in [3.8, 4) is 5.75 Å². The quantitative estimate of drug-likeness (QED) is 0.791. The fraction of sp³-hybridized carbons (Fsp3) is 0.333. The molecule has 6 heteroatoms. The van der Waals surface area contributed by atoms with Crippen molar-refractivity contribution in [2.45, 2.75) is 17.2 Å².